The van der Waals surface area contributed by atoms with Gasteiger partial charge in [0.1, 0.15) is 12.9 Å². The number of methoxy groups -OCH3 is 1. The summed E-state index contributed by atoms with van der Waals surface area (Å²) in [6.07, 6.45) is 1.76. The summed E-state index contributed by atoms with van der Waals surface area (Å²) in [5.41, 5.74) is 1.25. The summed E-state index contributed by atoms with van der Waals surface area (Å²) in [5.74, 6) is 0.0960. The fourth-order valence-electron chi connectivity index (χ4n) is 2.35. The van der Waals surface area contributed by atoms with Crippen LogP contribution in [0.25, 0.3) is 5.69 Å². The molecule has 0 N–H and O–H groups in total. The molecule has 0 amide bonds. The molecule has 0 radical (unpaired) electrons. The molecule has 0 atom stereocenters. The second-order valence-electron chi connectivity index (χ2n) is 5.29. The van der Waals surface area contributed by atoms with Crippen molar-refractivity contribution in [2.24, 2.45) is 5.16 Å². The molecule has 7 nitrogen and oxygen atoms in total. The molecule has 0 aliphatic carbocycles. The van der Waals surface area contributed by atoms with E-state index in [1.165, 1.54) is 14.2 Å². The van der Waals surface area contributed by atoms with Crippen LogP contribution < -0.4 is 4.74 Å². The molecule has 3 aromatic rings. The van der Waals surface area contributed by atoms with Crippen molar-refractivity contribution < 1.29 is 19.1 Å². The van der Waals surface area contributed by atoms with Crippen LogP contribution >= 0.6 is 11.6 Å². The molecular weight excluding hydrogens is 370 g/mol. The summed E-state index contributed by atoms with van der Waals surface area (Å²) >= 11 is 5.91. The van der Waals surface area contributed by atoms with E-state index in [1.54, 1.807) is 53.3 Å². The van der Waals surface area contributed by atoms with Gasteiger partial charge in [0.2, 0.25) is 5.88 Å². The number of nitrogens with zero attached hydrogens (tertiary/aromatic N) is 3. The lowest BCUT2D eigenvalue weighted by atomic mass is 10.1. The molecule has 1 heterocycles. The van der Waals surface area contributed by atoms with Gasteiger partial charge in [0.15, 0.2) is 5.71 Å². The lowest BCUT2D eigenvalue weighted by Gasteiger charge is -2.10. The number of rotatable bonds is 6. The molecule has 0 bridgehead atoms. The van der Waals surface area contributed by atoms with Crippen LogP contribution in [0.3, 0.4) is 0 Å². The third-order valence-electron chi connectivity index (χ3n) is 3.57. The van der Waals surface area contributed by atoms with Crippen LogP contribution in [-0.4, -0.2) is 35.7 Å². The monoisotopic (exact) mass is 385 g/mol. The van der Waals surface area contributed by atoms with Gasteiger partial charge < -0.3 is 14.3 Å². The highest BCUT2D eigenvalue weighted by Gasteiger charge is 2.20. The highest BCUT2D eigenvalue weighted by molar-refractivity contribution is 6.43. The highest BCUT2D eigenvalue weighted by Crippen LogP contribution is 2.26. The van der Waals surface area contributed by atoms with Gasteiger partial charge in [0.25, 0.3) is 0 Å². The van der Waals surface area contributed by atoms with Gasteiger partial charge in [-0.3, -0.25) is 0 Å². The number of ether oxygens (including phenoxy) is 2. The topological polar surface area (TPSA) is 74.9 Å². The van der Waals surface area contributed by atoms with Gasteiger partial charge in [-0.1, -0.05) is 28.9 Å². The zero-order valence-corrected chi connectivity index (χ0v) is 15.4. The minimum absolute atomic E-state index is 0.00673. The van der Waals surface area contributed by atoms with Crippen LogP contribution in [0, 0.1) is 0 Å². The lowest BCUT2D eigenvalue weighted by molar-refractivity contribution is -0.132. The zero-order chi connectivity index (χ0) is 19.2. The quantitative estimate of drug-likeness (QED) is 0.366. The molecule has 0 fully saturated rings. The summed E-state index contributed by atoms with van der Waals surface area (Å²) in [6.45, 7) is 0. The van der Waals surface area contributed by atoms with Gasteiger partial charge in [0, 0.05) is 17.3 Å². The minimum Gasteiger partial charge on any atom is -0.464 e. The summed E-state index contributed by atoms with van der Waals surface area (Å²) in [5, 5.41) is 8.78. The molecule has 2 aromatic carbocycles. The van der Waals surface area contributed by atoms with Crippen molar-refractivity contribution in [1.29, 1.82) is 0 Å². The van der Waals surface area contributed by atoms with Crippen LogP contribution in [-0.2, 0) is 14.4 Å². The fourth-order valence-corrected chi connectivity index (χ4v) is 2.47. The van der Waals surface area contributed by atoms with Gasteiger partial charge in [-0.25, -0.2) is 9.48 Å². The van der Waals surface area contributed by atoms with E-state index in [-0.39, 0.29) is 5.71 Å². The molecule has 138 valence electrons. The van der Waals surface area contributed by atoms with Crippen molar-refractivity contribution in [3.05, 3.63) is 71.4 Å². The number of benzene rings is 2. The Labute approximate surface area is 160 Å². The molecule has 3 rings (SSSR count). The number of carbonyl (C=O) groups is 1. The first-order valence-corrected chi connectivity index (χ1v) is 8.28. The van der Waals surface area contributed by atoms with Crippen LogP contribution in [0.15, 0.2) is 65.9 Å². The lowest BCUT2D eigenvalue weighted by Crippen LogP contribution is -2.18. The van der Waals surface area contributed by atoms with Gasteiger partial charge in [0.05, 0.1) is 18.4 Å². The summed E-state index contributed by atoms with van der Waals surface area (Å²) < 4.78 is 12.3. The number of esters is 1. The second kappa shape index (κ2) is 8.37. The molecule has 27 heavy (non-hydrogen) atoms. The first-order valence-electron chi connectivity index (χ1n) is 7.90. The van der Waals surface area contributed by atoms with Crippen LogP contribution in [0.2, 0.25) is 5.02 Å². The van der Waals surface area contributed by atoms with Crippen molar-refractivity contribution in [3.8, 4) is 17.3 Å². The number of halogens is 1. The predicted molar refractivity (Wildman–Crippen MR) is 101 cm³/mol. The molecule has 0 aliphatic heterocycles. The van der Waals surface area contributed by atoms with E-state index in [0.717, 1.165) is 5.69 Å². The minimum atomic E-state index is -0.639. The van der Waals surface area contributed by atoms with E-state index in [0.29, 0.717) is 22.2 Å². The number of carbonyl (C=O) groups excluding carboxylic acids is 1. The number of para-hydroxylation sites is 1. The normalized spacial score (nSPS) is 11.1. The van der Waals surface area contributed by atoms with Crippen molar-refractivity contribution in [3.63, 3.8) is 0 Å². The van der Waals surface area contributed by atoms with Gasteiger partial charge in [-0.15, -0.1) is 5.10 Å². The molecular formula is C19H16ClN3O4. The number of hydrogen-bond acceptors (Lipinski definition) is 6. The maximum absolute atomic E-state index is 12.0. The number of oxime groups is 1. The van der Waals surface area contributed by atoms with Gasteiger partial charge >= 0.3 is 5.97 Å². The van der Waals surface area contributed by atoms with Crippen molar-refractivity contribution >= 4 is 23.3 Å². The average Bonchev–Trinajstić information content (AvgIpc) is 3.15. The van der Waals surface area contributed by atoms with Crippen molar-refractivity contribution in [2.45, 2.75) is 0 Å². The Balaban J connectivity index is 1.90. The smallest absolute Gasteiger partial charge is 0.360 e. The average molecular weight is 386 g/mol. The van der Waals surface area contributed by atoms with E-state index < -0.39 is 5.97 Å². The van der Waals surface area contributed by atoms with Gasteiger partial charge in [-0.05, 0) is 36.4 Å². The third kappa shape index (κ3) is 4.27. The number of aromatic nitrogens is 2. The first-order chi connectivity index (χ1) is 13.1. The Kier molecular flexibility index (Phi) is 5.73. The first kappa shape index (κ1) is 18.5. The maximum Gasteiger partial charge on any atom is 0.360 e. The predicted octanol–water partition coefficient (Wildman–Crippen LogP) is 3.84. The molecule has 0 spiro atoms. The van der Waals surface area contributed by atoms with E-state index >= 15 is 0 Å². The number of hydrogen-bond donors (Lipinski definition) is 0. The third-order valence-corrected chi connectivity index (χ3v) is 3.83. The van der Waals surface area contributed by atoms with Crippen LogP contribution in [0.1, 0.15) is 5.56 Å². The standard InChI is InChI=1S/C19H16ClN3O4/c1-25-19(24)18(22-26-2)15-5-3-4-6-16(15)27-17-11-12-23(21-17)14-9-7-13(20)8-10-14/h3-12H,1-2H3/b22-18-. The van der Waals surface area contributed by atoms with E-state index in [2.05, 4.69) is 10.3 Å². The van der Waals surface area contributed by atoms with Crippen LogP contribution in [0.4, 0.5) is 0 Å². The van der Waals surface area contributed by atoms with Crippen molar-refractivity contribution in [2.75, 3.05) is 14.2 Å². The molecule has 0 saturated heterocycles. The van der Waals surface area contributed by atoms with Gasteiger partial charge in [-0.2, -0.15) is 0 Å². The van der Waals surface area contributed by atoms with E-state index in [1.807, 2.05) is 12.1 Å². The summed E-state index contributed by atoms with van der Waals surface area (Å²) in [7, 11) is 2.62. The molecule has 0 aliphatic rings. The van der Waals surface area contributed by atoms with E-state index in [4.69, 9.17) is 25.9 Å². The summed E-state index contributed by atoms with van der Waals surface area (Å²) in [6, 6.07) is 15.8. The Morgan fingerprint density at radius 2 is 1.81 bits per heavy atom. The Hall–Kier alpha value is -3.32. The van der Waals surface area contributed by atoms with E-state index in [9.17, 15) is 4.79 Å². The summed E-state index contributed by atoms with van der Waals surface area (Å²) in [4.78, 5) is 16.8. The SMILES string of the molecule is CO/N=C(\C(=O)OC)c1ccccc1Oc1ccn(-c2ccc(Cl)cc2)n1. The maximum atomic E-state index is 12.0. The Bertz CT molecular complexity index is 967. The highest BCUT2D eigenvalue weighted by atomic mass is 35.5. The molecule has 1 aromatic heterocycles. The largest absolute Gasteiger partial charge is 0.464 e. The second-order valence-corrected chi connectivity index (χ2v) is 5.72. The van der Waals surface area contributed by atoms with Crippen molar-refractivity contribution in [1.82, 2.24) is 9.78 Å². The Morgan fingerprint density at radius 1 is 1.07 bits per heavy atom. The Morgan fingerprint density at radius 3 is 2.52 bits per heavy atom. The fraction of sp³-hybridized carbons (Fsp3) is 0.105. The van der Waals surface area contributed by atoms with Crippen LogP contribution in [0.5, 0.6) is 11.6 Å². The molecule has 8 heteroatoms. The zero-order valence-electron chi connectivity index (χ0n) is 14.6. The molecule has 0 unspecified atom stereocenters. The molecule has 0 saturated carbocycles.